The van der Waals surface area contributed by atoms with Crippen molar-refractivity contribution >= 4 is 40.2 Å². The third-order valence-corrected chi connectivity index (χ3v) is 6.75. The lowest BCUT2D eigenvalue weighted by atomic mass is 9.85. The van der Waals surface area contributed by atoms with Crippen molar-refractivity contribution in [3.05, 3.63) is 88.3 Å². The number of amides is 4. The molecule has 4 amide bonds. The third-order valence-electron chi connectivity index (χ3n) is 5.75. The fraction of sp³-hybridized carbons (Fsp3) is 0.286. The van der Waals surface area contributed by atoms with Crippen LogP contribution in [0.4, 0.5) is 9.80 Å². The average Bonchev–Trinajstić information content (AvgIpc) is 3.35. The first-order chi connectivity index (χ1) is 18.0. The molecule has 0 fully saturated rings. The molecule has 0 radical (unpaired) electrons. The van der Waals surface area contributed by atoms with Crippen molar-refractivity contribution in [1.29, 1.82) is 0 Å². The first-order valence-corrected chi connectivity index (χ1v) is 12.9. The Balaban J connectivity index is 1.44. The Morgan fingerprint density at radius 2 is 1.55 bits per heavy atom. The standard InChI is InChI=1S/C28H32N4O5S/c1-28(2,3)20-11-9-19(10-12-20)21(26(35)36)16-29-23(33)17-30-25(34)22-13-14-24(38-22)32-27(37)31-15-18-7-5-4-6-8-18/h4-14,21H,15-17H2,1-3H3,(H,29,33)(H,30,34)(H,35,36)(H2,31,32,37). The van der Waals surface area contributed by atoms with Crippen LogP contribution >= 0.6 is 11.3 Å². The highest BCUT2D eigenvalue weighted by atomic mass is 32.1. The summed E-state index contributed by atoms with van der Waals surface area (Å²) in [6.45, 7) is 6.16. The summed E-state index contributed by atoms with van der Waals surface area (Å²) in [7, 11) is 0. The number of anilines is 1. The van der Waals surface area contributed by atoms with Crippen LogP contribution in [-0.4, -0.2) is 42.0 Å². The van der Waals surface area contributed by atoms with E-state index in [0.29, 0.717) is 22.0 Å². The van der Waals surface area contributed by atoms with Crippen molar-refractivity contribution in [2.45, 2.75) is 38.6 Å². The number of thiophene rings is 1. The Kier molecular flexibility index (Phi) is 9.61. The number of urea groups is 1. The van der Waals surface area contributed by atoms with Gasteiger partial charge in [-0.25, -0.2) is 4.79 Å². The molecule has 0 aliphatic heterocycles. The minimum atomic E-state index is -1.05. The Hall–Kier alpha value is -4.18. The zero-order chi connectivity index (χ0) is 27.7. The monoisotopic (exact) mass is 536 g/mol. The molecule has 5 N–H and O–H groups in total. The molecular weight excluding hydrogens is 504 g/mol. The molecule has 1 atom stereocenters. The molecule has 0 aliphatic carbocycles. The van der Waals surface area contributed by atoms with Gasteiger partial charge in [0.15, 0.2) is 0 Å². The highest BCUT2D eigenvalue weighted by Gasteiger charge is 2.22. The van der Waals surface area contributed by atoms with Crippen molar-refractivity contribution in [2.75, 3.05) is 18.4 Å². The number of carboxylic acids is 1. The lowest BCUT2D eigenvalue weighted by Gasteiger charge is -2.20. The predicted molar refractivity (Wildman–Crippen MR) is 147 cm³/mol. The molecule has 38 heavy (non-hydrogen) atoms. The molecule has 0 spiro atoms. The van der Waals surface area contributed by atoms with E-state index in [2.05, 4.69) is 42.0 Å². The number of carbonyl (C=O) groups is 4. The fourth-order valence-corrected chi connectivity index (χ4v) is 4.37. The summed E-state index contributed by atoms with van der Waals surface area (Å²) < 4.78 is 0. The van der Waals surface area contributed by atoms with Crippen molar-refractivity contribution in [3.63, 3.8) is 0 Å². The van der Waals surface area contributed by atoms with E-state index < -0.39 is 29.7 Å². The van der Waals surface area contributed by atoms with Gasteiger partial charge in [0, 0.05) is 13.1 Å². The fourth-order valence-electron chi connectivity index (χ4n) is 3.55. The molecule has 2 aromatic carbocycles. The Morgan fingerprint density at radius 1 is 0.868 bits per heavy atom. The molecule has 1 unspecified atom stereocenters. The van der Waals surface area contributed by atoms with Crippen LogP contribution in [0.25, 0.3) is 0 Å². The SMILES string of the molecule is CC(C)(C)c1ccc(C(CNC(=O)CNC(=O)c2ccc(NC(=O)NCc3ccccc3)s2)C(=O)O)cc1. The zero-order valence-corrected chi connectivity index (χ0v) is 22.4. The van der Waals surface area contributed by atoms with E-state index in [0.717, 1.165) is 22.5 Å². The van der Waals surface area contributed by atoms with Crippen LogP contribution in [0.5, 0.6) is 0 Å². The largest absolute Gasteiger partial charge is 0.481 e. The van der Waals surface area contributed by atoms with Gasteiger partial charge in [0.25, 0.3) is 5.91 Å². The Bertz CT molecular complexity index is 1270. The van der Waals surface area contributed by atoms with Crippen LogP contribution < -0.4 is 21.3 Å². The lowest BCUT2D eigenvalue weighted by molar-refractivity contribution is -0.138. The van der Waals surface area contributed by atoms with Crippen LogP contribution in [0.1, 0.15) is 53.1 Å². The van der Waals surface area contributed by atoms with Gasteiger partial charge < -0.3 is 21.1 Å². The molecule has 9 nitrogen and oxygen atoms in total. The summed E-state index contributed by atoms with van der Waals surface area (Å²) in [6, 6.07) is 19.5. The molecule has 0 bridgehead atoms. The van der Waals surface area contributed by atoms with Gasteiger partial charge in [-0.05, 0) is 34.2 Å². The predicted octanol–water partition coefficient (Wildman–Crippen LogP) is 4.08. The minimum Gasteiger partial charge on any atom is -0.481 e. The average molecular weight is 537 g/mol. The number of hydrogen-bond donors (Lipinski definition) is 5. The number of nitrogens with one attached hydrogen (secondary N) is 4. The highest BCUT2D eigenvalue weighted by Crippen LogP contribution is 2.25. The van der Waals surface area contributed by atoms with Gasteiger partial charge in [0.2, 0.25) is 5.91 Å². The zero-order valence-electron chi connectivity index (χ0n) is 21.5. The summed E-state index contributed by atoms with van der Waals surface area (Å²) in [6.07, 6.45) is 0. The van der Waals surface area contributed by atoms with E-state index in [9.17, 15) is 24.3 Å². The molecule has 200 valence electrons. The smallest absolute Gasteiger partial charge is 0.320 e. The van der Waals surface area contributed by atoms with Crippen molar-refractivity contribution in [1.82, 2.24) is 16.0 Å². The minimum absolute atomic E-state index is 0.0577. The van der Waals surface area contributed by atoms with E-state index in [-0.39, 0.29) is 18.5 Å². The molecule has 3 rings (SSSR count). The number of aliphatic carboxylic acids is 1. The second kappa shape index (κ2) is 12.9. The second-order valence-corrected chi connectivity index (χ2v) is 10.8. The molecule has 0 saturated heterocycles. The molecule has 0 saturated carbocycles. The van der Waals surface area contributed by atoms with Gasteiger partial charge in [-0.1, -0.05) is 75.4 Å². The van der Waals surface area contributed by atoms with E-state index in [4.69, 9.17) is 0 Å². The van der Waals surface area contributed by atoms with Crippen molar-refractivity contribution < 1.29 is 24.3 Å². The Morgan fingerprint density at radius 3 is 2.18 bits per heavy atom. The van der Waals surface area contributed by atoms with Crippen molar-refractivity contribution in [3.8, 4) is 0 Å². The topological polar surface area (TPSA) is 137 Å². The normalized spacial score (nSPS) is 11.8. The number of carboxylic acid groups (broad SMARTS) is 1. The molecule has 1 heterocycles. The number of benzene rings is 2. The summed E-state index contributed by atoms with van der Waals surface area (Å²) in [5.41, 5.74) is 2.57. The van der Waals surface area contributed by atoms with Crippen LogP contribution in [0.3, 0.4) is 0 Å². The van der Waals surface area contributed by atoms with Crippen molar-refractivity contribution in [2.24, 2.45) is 0 Å². The van der Waals surface area contributed by atoms with Crippen LogP contribution in [0.15, 0.2) is 66.7 Å². The van der Waals surface area contributed by atoms with E-state index in [1.165, 1.54) is 0 Å². The van der Waals surface area contributed by atoms with Gasteiger partial charge in [0.1, 0.15) is 0 Å². The summed E-state index contributed by atoms with van der Waals surface area (Å²) >= 11 is 1.07. The molecular formula is C28H32N4O5S. The number of hydrogen-bond acceptors (Lipinski definition) is 5. The molecule has 10 heteroatoms. The summed E-state index contributed by atoms with van der Waals surface area (Å²) in [5.74, 6) is -2.95. The Labute approximate surface area is 225 Å². The van der Waals surface area contributed by atoms with Crippen LogP contribution in [0, 0.1) is 0 Å². The summed E-state index contributed by atoms with van der Waals surface area (Å²) in [5, 5.41) is 20.6. The maximum Gasteiger partial charge on any atom is 0.320 e. The first-order valence-electron chi connectivity index (χ1n) is 12.1. The maximum atomic E-state index is 12.4. The molecule has 3 aromatic rings. The van der Waals surface area contributed by atoms with Gasteiger partial charge in [0.05, 0.1) is 22.3 Å². The van der Waals surface area contributed by atoms with E-state index >= 15 is 0 Å². The van der Waals surface area contributed by atoms with Gasteiger partial charge >= 0.3 is 12.0 Å². The molecule has 1 aromatic heterocycles. The van der Waals surface area contributed by atoms with Gasteiger partial charge in [-0.2, -0.15) is 0 Å². The molecule has 0 aliphatic rings. The first kappa shape index (κ1) is 28.4. The third kappa shape index (κ3) is 8.45. The quantitative estimate of drug-likeness (QED) is 0.266. The van der Waals surface area contributed by atoms with E-state index in [1.807, 2.05) is 42.5 Å². The van der Waals surface area contributed by atoms with E-state index in [1.54, 1.807) is 24.3 Å². The lowest BCUT2D eigenvalue weighted by Crippen LogP contribution is -2.39. The van der Waals surface area contributed by atoms with Gasteiger partial charge in [-0.3, -0.25) is 19.7 Å². The van der Waals surface area contributed by atoms with Gasteiger partial charge in [-0.15, -0.1) is 11.3 Å². The second-order valence-electron chi connectivity index (χ2n) is 9.71. The number of carbonyl (C=O) groups excluding carboxylic acids is 3. The van der Waals surface area contributed by atoms with Crippen LogP contribution in [0.2, 0.25) is 0 Å². The summed E-state index contributed by atoms with van der Waals surface area (Å²) in [4.78, 5) is 48.9. The maximum absolute atomic E-state index is 12.4. The van der Waals surface area contributed by atoms with Crippen LogP contribution in [-0.2, 0) is 21.5 Å². The highest BCUT2D eigenvalue weighted by molar-refractivity contribution is 7.18. The number of rotatable bonds is 10.